The summed E-state index contributed by atoms with van der Waals surface area (Å²) in [7, 11) is 0. The molecule has 2 heterocycles. The van der Waals surface area contributed by atoms with Gasteiger partial charge in [0, 0.05) is 17.1 Å². The molecule has 2 amide bonds. The van der Waals surface area contributed by atoms with Crippen LogP contribution in [0, 0.1) is 0 Å². The van der Waals surface area contributed by atoms with Crippen LogP contribution in [0.15, 0.2) is 60.1 Å². The summed E-state index contributed by atoms with van der Waals surface area (Å²) in [5, 5.41) is 4.45. The molecule has 0 bridgehead atoms. The van der Waals surface area contributed by atoms with Gasteiger partial charge in [-0.3, -0.25) is 14.5 Å². The van der Waals surface area contributed by atoms with E-state index < -0.39 is 23.6 Å². The molecule has 1 aromatic heterocycles. The Bertz CT molecular complexity index is 901. The molecule has 3 rings (SSSR count). The maximum absolute atomic E-state index is 12.9. The van der Waals surface area contributed by atoms with Gasteiger partial charge in [0.25, 0.3) is 11.8 Å². The summed E-state index contributed by atoms with van der Waals surface area (Å²) in [4.78, 5) is 26.8. The average molecular weight is 378 g/mol. The molecule has 134 valence electrons. The number of halogens is 3. The number of nitrogens with one attached hydrogen (secondary N) is 1. The minimum Gasteiger partial charge on any atom is -0.350 e. The largest absolute Gasteiger partial charge is 0.416 e. The van der Waals surface area contributed by atoms with E-state index in [0.29, 0.717) is 4.88 Å². The molecule has 1 aromatic carbocycles. The molecule has 1 aliphatic heterocycles. The molecular formula is C18H13F3N2O2S. The summed E-state index contributed by atoms with van der Waals surface area (Å²) in [5.41, 5.74) is -0.672. The Kier molecular flexibility index (Phi) is 4.69. The molecule has 26 heavy (non-hydrogen) atoms. The number of nitrogens with zero attached hydrogens (tertiary/aromatic N) is 1. The number of benzene rings is 1. The third-order valence-electron chi connectivity index (χ3n) is 3.71. The highest BCUT2D eigenvalue weighted by molar-refractivity contribution is 7.11. The van der Waals surface area contributed by atoms with E-state index in [2.05, 4.69) is 11.9 Å². The lowest BCUT2D eigenvalue weighted by Gasteiger charge is -2.13. The van der Waals surface area contributed by atoms with Crippen molar-refractivity contribution in [2.24, 2.45) is 0 Å². The van der Waals surface area contributed by atoms with Gasteiger partial charge in [-0.05, 0) is 29.6 Å². The number of imide groups is 1. The summed E-state index contributed by atoms with van der Waals surface area (Å²) in [6, 6.07) is 7.87. The zero-order valence-electron chi connectivity index (χ0n) is 13.3. The Balaban J connectivity index is 2.04. The van der Waals surface area contributed by atoms with Crippen LogP contribution in [0.4, 0.5) is 18.9 Å². The molecule has 0 spiro atoms. The van der Waals surface area contributed by atoms with E-state index >= 15 is 0 Å². The predicted octanol–water partition coefficient (Wildman–Crippen LogP) is 4.14. The minimum atomic E-state index is -4.51. The predicted molar refractivity (Wildman–Crippen MR) is 93.2 cm³/mol. The van der Waals surface area contributed by atoms with E-state index in [4.69, 9.17) is 0 Å². The van der Waals surface area contributed by atoms with Crippen molar-refractivity contribution in [2.75, 3.05) is 11.9 Å². The molecule has 1 aliphatic rings. The number of rotatable bonds is 5. The summed E-state index contributed by atoms with van der Waals surface area (Å²) >= 11 is 1.26. The van der Waals surface area contributed by atoms with Crippen molar-refractivity contribution < 1.29 is 22.8 Å². The SMILES string of the molecule is C=CCN1C(=O)C(Nc2cccc(C(F)(F)F)c2)=C(c2cccs2)C1=O. The Labute approximate surface area is 151 Å². The Morgan fingerprint density at radius 2 is 1.92 bits per heavy atom. The number of alkyl halides is 3. The van der Waals surface area contributed by atoms with Gasteiger partial charge in [0.15, 0.2) is 0 Å². The first-order valence-corrected chi connectivity index (χ1v) is 8.40. The van der Waals surface area contributed by atoms with E-state index in [0.717, 1.165) is 17.0 Å². The molecule has 0 saturated heterocycles. The average Bonchev–Trinajstić information content (AvgIpc) is 3.18. The summed E-state index contributed by atoms with van der Waals surface area (Å²) < 4.78 is 38.7. The van der Waals surface area contributed by atoms with Gasteiger partial charge in [-0.25, -0.2) is 0 Å². The zero-order valence-corrected chi connectivity index (χ0v) is 14.2. The topological polar surface area (TPSA) is 49.4 Å². The fourth-order valence-electron chi connectivity index (χ4n) is 2.55. The fraction of sp³-hybridized carbons (Fsp3) is 0.111. The van der Waals surface area contributed by atoms with Crippen LogP contribution < -0.4 is 5.32 Å². The van der Waals surface area contributed by atoms with Crippen LogP contribution in [-0.2, 0) is 15.8 Å². The van der Waals surface area contributed by atoms with Crippen molar-refractivity contribution in [3.63, 3.8) is 0 Å². The van der Waals surface area contributed by atoms with Crippen molar-refractivity contribution in [3.8, 4) is 0 Å². The first-order chi connectivity index (χ1) is 12.3. The van der Waals surface area contributed by atoms with Crippen LogP contribution in [0.3, 0.4) is 0 Å². The second-order valence-electron chi connectivity index (χ2n) is 5.44. The molecule has 4 nitrogen and oxygen atoms in total. The number of thiophene rings is 1. The van der Waals surface area contributed by atoms with Crippen LogP contribution in [0.2, 0.25) is 0 Å². The lowest BCUT2D eigenvalue weighted by atomic mass is 10.1. The van der Waals surface area contributed by atoms with Gasteiger partial charge in [-0.1, -0.05) is 18.2 Å². The highest BCUT2D eigenvalue weighted by Crippen LogP contribution is 2.34. The van der Waals surface area contributed by atoms with Crippen LogP contribution in [-0.4, -0.2) is 23.3 Å². The maximum atomic E-state index is 12.9. The Morgan fingerprint density at radius 3 is 2.54 bits per heavy atom. The standard InChI is InChI=1S/C18H13F3N2O2S/c1-2-8-23-16(24)14(13-7-4-9-26-13)15(17(23)25)22-12-6-3-5-11(10-12)18(19,20)21/h2-7,9-10,22H,1,8H2. The first kappa shape index (κ1) is 17.9. The highest BCUT2D eigenvalue weighted by Gasteiger charge is 2.39. The third kappa shape index (κ3) is 3.28. The monoisotopic (exact) mass is 378 g/mol. The van der Waals surface area contributed by atoms with Gasteiger partial charge >= 0.3 is 6.18 Å². The van der Waals surface area contributed by atoms with Gasteiger partial charge in [0.1, 0.15) is 5.70 Å². The lowest BCUT2D eigenvalue weighted by Crippen LogP contribution is -2.32. The molecule has 1 N–H and O–H groups in total. The van der Waals surface area contributed by atoms with Crippen molar-refractivity contribution in [3.05, 3.63) is 70.6 Å². The fourth-order valence-corrected chi connectivity index (χ4v) is 3.32. The highest BCUT2D eigenvalue weighted by atomic mass is 32.1. The summed E-state index contributed by atoms with van der Waals surface area (Å²) in [6.45, 7) is 3.54. The van der Waals surface area contributed by atoms with E-state index in [1.54, 1.807) is 17.5 Å². The smallest absolute Gasteiger partial charge is 0.350 e. The van der Waals surface area contributed by atoms with Gasteiger partial charge in [0.05, 0.1) is 11.1 Å². The number of carbonyl (C=O) groups excluding carboxylic acids is 2. The van der Waals surface area contributed by atoms with Crippen LogP contribution >= 0.6 is 11.3 Å². The number of anilines is 1. The first-order valence-electron chi connectivity index (χ1n) is 7.52. The quantitative estimate of drug-likeness (QED) is 0.628. The second kappa shape index (κ2) is 6.80. The molecule has 0 fully saturated rings. The van der Waals surface area contributed by atoms with Crippen molar-refractivity contribution >= 4 is 34.4 Å². The Hall–Kier alpha value is -2.87. The van der Waals surface area contributed by atoms with Gasteiger partial charge < -0.3 is 5.32 Å². The minimum absolute atomic E-state index is 0.0142. The van der Waals surface area contributed by atoms with Crippen molar-refractivity contribution in [1.82, 2.24) is 4.90 Å². The second-order valence-corrected chi connectivity index (χ2v) is 6.39. The van der Waals surface area contributed by atoms with E-state index in [9.17, 15) is 22.8 Å². The van der Waals surface area contributed by atoms with Gasteiger partial charge in [-0.2, -0.15) is 13.2 Å². The number of amides is 2. The normalized spacial score (nSPS) is 15.0. The molecule has 0 atom stereocenters. The van der Waals surface area contributed by atoms with Crippen molar-refractivity contribution in [1.29, 1.82) is 0 Å². The summed E-state index contributed by atoms with van der Waals surface area (Å²) in [6.07, 6.45) is -3.10. The van der Waals surface area contributed by atoms with Crippen LogP contribution in [0.25, 0.3) is 5.57 Å². The van der Waals surface area contributed by atoms with Crippen LogP contribution in [0.1, 0.15) is 10.4 Å². The molecular weight excluding hydrogens is 365 g/mol. The summed E-state index contributed by atoms with van der Waals surface area (Å²) in [5.74, 6) is -1.11. The molecule has 0 aliphatic carbocycles. The van der Waals surface area contributed by atoms with Gasteiger partial charge in [0.2, 0.25) is 0 Å². The van der Waals surface area contributed by atoms with Crippen LogP contribution in [0.5, 0.6) is 0 Å². The molecule has 2 aromatic rings. The zero-order chi connectivity index (χ0) is 18.9. The lowest BCUT2D eigenvalue weighted by molar-refractivity contribution is -0.138. The molecule has 0 saturated carbocycles. The number of hydrogen-bond donors (Lipinski definition) is 1. The van der Waals surface area contributed by atoms with E-state index in [1.807, 2.05) is 0 Å². The molecule has 0 unspecified atom stereocenters. The number of hydrogen-bond acceptors (Lipinski definition) is 4. The maximum Gasteiger partial charge on any atom is 0.416 e. The van der Waals surface area contributed by atoms with E-state index in [-0.39, 0.29) is 23.5 Å². The molecule has 0 radical (unpaired) electrons. The van der Waals surface area contributed by atoms with Gasteiger partial charge in [-0.15, -0.1) is 17.9 Å². The number of carbonyl (C=O) groups is 2. The molecule has 8 heteroatoms. The van der Waals surface area contributed by atoms with Crippen molar-refractivity contribution in [2.45, 2.75) is 6.18 Å². The Morgan fingerprint density at radius 1 is 1.15 bits per heavy atom. The third-order valence-corrected chi connectivity index (χ3v) is 4.59. The van der Waals surface area contributed by atoms with E-state index in [1.165, 1.54) is 29.5 Å².